The Balaban J connectivity index is 2.66. The molecule has 1 aliphatic rings. The number of carbonyl (C=O) groups excluding carboxylic acids is 1. The van der Waals surface area contributed by atoms with Gasteiger partial charge in [-0.3, -0.25) is 0 Å². The molecule has 0 saturated heterocycles. The van der Waals surface area contributed by atoms with Gasteiger partial charge >= 0.3 is 0 Å². The lowest BCUT2D eigenvalue weighted by atomic mass is 9.87. The predicted octanol–water partition coefficient (Wildman–Crippen LogP) is 5.96. The van der Waals surface area contributed by atoms with E-state index >= 15 is 0 Å². The number of carbonyl (C=O) groups is 1. The standard InChI is InChI=1S/C21H30O/c1-3-20(19-22)15-11-14-18-21(2)16-12-9-7-5-4-6-8-10-13-17-21/h5-8,12-14,16-20H,3-4,9-11,15H2,1-2H3/b7-5-,8-6-,16-12-,17-13-,18-14-. The van der Waals surface area contributed by atoms with E-state index in [0.29, 0.717) is 0 Å². The van der Waals surface area contributed by atoms with Crippen LogP contribution in [0.4, 0.5) is 0 Å². The molecular formula is C21H30O. The zero-order valence-corrected chi connectivity index (χ0v) is 14.1. The molecule has 0 N–H and O–H groups in total. The van der Waals surface area contributed by atoms with Gasteiger partial charge in [0, 0.05) is 11.3 Å². The summed E-state index contributed by atoms with van der Waals surface area (Å²) in [6.45, 7) is 4.30. The zero-order chi connectivity index (χ0) is 16.1. The molecule has 0 radical (unpaired) electrons. The fourth-order valence-corrected chi connectivity index (χ4v) is 2.45. The quantitative estimate of drug-likeness (QED) is 0.436. The minimum Gasteiger partial charge on any atom is -0.303 e. The van der Waals surface area contributed by atoms with Gasteiger partial charge in [0.05, 0.1) is 0 Å². The molecule has 0 saturated carbocycles. The maximum Gasteiger partial charge on any atom is 0.123 e. The second kappa shape index (κ2) is 11.0. The second-order valence-electron chi connectivity index (χ2n) is 6.10. The highest BCUT2D eigenvalue weighted by molar-refractivity contribution is 5.53. The molecule has 1 nitrogen and oxygen atoms in total. The SMILES string of the molecule is CCC(C=O)CC/C=C\C1(C)/C=C\C/C=C\C/C=C\C/C=C\1. The van der Waals surface area contributed by atoms with Crippen LogP contribution < -0.4 is 0 Å². The first-order valence-electron chi connectivity index (χ1n) is 8.48. The first-order valence-corrected chi connectivity index (χ1v) is 8.48. The molecule has 1 aliphatic carbocycles. The van der Waals surface area contributed by atoms with Crippen LogP contribution in [-0.2, 0) is 4.79 Å². The molecule has 0 bridgehead atoms. The van der Waals surface area contributed by atoms with Crippen LogP contribution in [0.5, 0.6) is 0 Å². The van der Waals surface area contributed by atoms with Crippen molar-refractivity contribution in [1.82, 2.24) is 0 Å². The van der Waals surface area contributed by atoms with Crippen LogP contribution in [0, 0.1) is 11.3 Å². The molecule has 1 rings (SSSR count). The van der Waals surface area contributed by atoms with Gasteiger partial charge < -0.3 is 4.79 Å². The van der Waals surface area contributed by atoms with E-state index in [-0.39, 0.29) is 11.3 Å². The first kappa shape index (κ1) is 18.4. The molecule has 0 amide bonds. The number of hydrogen-bond acceptors (Lipinski definition) is 1. The van der Waals surface area contributed by atoms with Gasteiger partial charge in [0.25, 0.3) is 0 Å². The smallest absolute Gasteiger partial charge is 0.123 e. The Morgan fingerprint density at radius 2 is 1.55 bits per heavy atom. The van der Waals surface area contributed by atoms with E-state index in [4.69, 9.17) is 0 Å². The predicted molar refractivity (Wildman–Crippen MR) is 96.7 cm³/mol. The third-order valence-electron chi connectivity index (χ3n) is 4.00. The van der Waals surface area contributed by atoms with Gasteiger partial charge in [-0.15, -0.1) is 0 Å². The van der Waals surface area contributed by atoms with Crippen molar-refractivity contribution < 1.29 is 4.79 Å². The molecule has 1 unspecified atom stereocenters. The van der Waals surface area contributed by atoms with Crippen LogP contribution in [-0.4, -0.2) is 6.29 Å². The van der Waals surface area contributed by atoms with Crippen molar-refractivity contribution in [3.63, 3.8) is 0 Å². The Hall–Kier alpha value is -1.63. The summed E-state index contributed by atoms with van der Waals surface area (Å²) in [5.41, 5.74) is -0.0379. The van der Waals surface area contributed by atoms with Crippen molar-refractivity contribution in [1.29, 1.82) is 0 Å². The fraction of sp³-hybridized carbons (Fsp3) is 0.476. The molecule has 0 heterocycles. The van der Waals surface area contributed by atoms with Crippen molar-refractivity contribution in [3.8, 4) is 0 Å². The summed E-state index contributed by atoms with van der Waals surface area (Å²) in [7, 11) is 0. The lowest BCUT2D eigenvalue weighted by Crippen LogP contribution is -2.05. The topological polar surface area (TPSA) is 17.1 Å². The largest absolute Gasteiger partial charge is 0.303 e. The van der Waals surface area contributed by atoms with Crippen molar-refractivity contribution in [2.75, 3.05) is 0 Å². The Kier molecular flexibility index (Phi) is 9.21. The minimum atomic E-state index is -0.0379. The molecule has 120 valence electrons. The van der Waals surface area contributed by atoms with Crippen molar-refractivity contribution >= 4 is 6.29 Å². The highest BCUT2D eigenvalue weighted by Crippen LogP contribution is 2.24. The van der Waals surface area contributed by atoms with Crippen LogP contribution in [0.1, 0.15) is 52.4 Å². The number of hydrogen-bond donors (Lipinski definition) is 0. The monoisotopic (exact) mass is 298 g/mol. The molecular weight excluding hydrogens is 268 g/mol. The summed E-state index contributed by atoms with van der Waals surface area (Å²) in [6.07, 6.45) is 29.3. The summed E-state index contributed by atoms with van der Waals surface area (Å²) in [5.74, 6) is 0.204. The third kappa shape index (κ3) is 7.97. The van der Waals surface area contributed by atoms with Gasteiger partial charge in [-0.2, -0.15) is 0 Å². The number of rotatable bonds is 6. The Morgan fingerprint density at radius 1 is 1.00 bits per heavy atom. The Labute approximate surface area is 136 Å². The second-order valence-corrected chi connectivity index (χ2v) is 6.10. The van der Waals surface area contributed by atoms with E-state index < -0.39 is 0 Å². The minimum absolute atomic E-state index is 0.0379. The van der Waals surface area contributed by atoms with Crippen LogP contribution in [0.15, 0.2) is 60.8 Å². The molecule has 0 aliphatic heterocycles. The first-order chi connectivity index (χ1) is 10.7. The maximum atomic E-state index is 10.9. The average molecular weight is 298 g/mol. The van der Waals surface area contributed by atoms with Gasteiger partial charge in [0.1, 0.15) is 6.29 Å². The third-order valence-corrected chi connectivity index (χ3v) is 4.00. The van der Waals surface area contributed by atoms with Crippen LogP contribution in [0.25, 0.3) is 0 Å². The summed E-state index contributed by atoms with van der Waals surface area (Å²) in [6, 6.07) is 0. The van der Waals surface area contributed by atoms with E-state index in [2.05, 4.69) is 74.6 Å². The van der Waals surface area contributed by atoms with E-state index in [1.165, 1.54) is 0 Å². The van der Waals surface area contributed by atoms with Gasteiger partial charge in [0.2, 0.25) is 0 Å². The van der Waals surface area contributed by atoms with Crippen molar-refractivity contribution in [2.45, 2.75) is 52.4 Å². The summed E-state index contributed by atoms with van der Waals surface area (Å²) in [5, 5.41) is 0. The van der Waals surface area contributed by atoms with E-state index in [0.717, 1.165) is 44.8 Å². The lowest BCUT2D eigenvalue weighted by Gasteiger charge is -2.17. The molecule has 1 heteroatoms. The average Bonchev–Trinajstić information content (AvgIpc) is 2.51. The van der Waals surface area contributed by atoms with Crippen LogP contribution in [0.3, 0.4) is 0 Å². The molecule has 1 atom stereocenters. The summed E-state index contributed by atoms with van der Waals surface area (Å²) in [4.78, 5) is 10.9. The van der Waals surface area contributed by atoms with Crippen LogP contribution in [0.2, 0.25) is 0 Å². The van der Waals surface area contributed by atoms with Gasteiger partial charge in [-0.05, 0) is 45.4 Å². The normalized spacial score (nSPS) is 25.5. The molecule has 0 spiro atoms. The Bertz CT molecular complexity index is 425. The van der Waals surface area contributed by atoms with Gasteiger partial charge in [-0.25, -0.2) is 0 Å². The number of allylic oxidation sites excluding steroid dienone is 10. The van der Waals surface area contributed by atoms with Crippen molar-refractivity contribution in [2.24, 2.45) is 11.3 Å². The molecule has 0 aromatic heterocycles. The fourth-order valence-electron chi connectivity index (χ4n) is 2.45. The highest BCUT2D eigenvalue weighted by atomic mass is 16.1. The molecule has 0 aromatic rings. The molecule has 0 fully saturated rings. The highest BCUT2D eigenvalue weighted by Gasteiger charge is 2.12. The van der Waals surface area contributed by atoms with E-state index in [1.807, 2.05) is 0 Å². The maximum absolute atomic E-state index is 10.9. The van der Waals surface area contributed by atoms with E-state index in [9.17, 15) is 4.79 Å². The summed E-state index contributed by atoms with van der Waals surface area (Å²) < 4.78 is 0. The van der Waals surface area contributed by atoms with Crippen LogP contribution >= 0.6 is 0 Å². The van der Waals surface area contributed by atoms with Gasteiger partial charge in [0.15, 0.2) is 0 Å². The van der Waals surface area contributed by atoms with E-state index in [1.54, 1.807) is 0 Å². The number of aldehydes is 1. The lowest BCUT2D eigenvalue weighted by molar-refractivity contribution is -0.111. The summed E-state index contributed by atoms with van der Waals surface area (Å²) >= 11 is 0. The molecule has 0 aromatic carbocycles. The Morgan fingerprint density at radius 3 is 2.05 bits per heavy atom. The van der Waals surface area contributed by atoms with Gasteiger partial charge in [-0.1, -0.05) is 67.7 Å². The van der Waals surface area contributed by atoms with Crippen molar-refractivity contribution in [3.05, 3.63) is 60.8 Å². The zero-order valence-electron chi connectivity index (χ0n) is 14.1. The molecule has 22 heavy (non-hydrogen) atoms.